The molecule has 7 heteroatoms. The molecule has 1 amide bonds. The van der Waals surface area contributed by atoms with Gasteiger partial charge in [0, 0.05) is 10.6 Å². The van der Waals surface area contributed by atoms with E-state index in [-0.39, 0.29) is 5.91 Å². The summed E-state index contributed by atoms with van der Waals surface area (Å²) in [6, 6.07) is 5.52. The molecule has 1 aromatic carbocycles. The van der Waals surface area contributed by atoms with Crippen LogP contribution >= 0.6 is 23.1 Å². The van der Waals surface area contributed by atoms with Crippen molar-refractivity contribution in [1.29, 1.82) is 0 Å². The first kappa shape index (κ1) is 14.0. The Bertz CT molecular complexity index is 601. The highest BCUT2D eigenvalue weighted by molar-refractivity contribution is 7.98. The highest BCUT2D eigenvalue weighted by Gasteiger charge is 2.12. The first-order chi connectivity index (χ1) is 9.11. The SMILES string of the molecule is NNC(=O)c1sccc1CSc1ccc(F)c(F)c1. The van der Waals surface area contributed by atoms with E-state index in [4.69, 9.17) is 5.84 Å². The normalized spacial score (nSPS) is 10.5. The molecule has 0 saturated heterocycles. The summed E-state index contributed by atoms with van der Waals surface area (Å²) in [5, 5.41) is 1.78. The van der Waals surface area contributed by atoms with Crippen LogP contribution in [0, 0.1) is 11.6 Å². The molecule has 3 N–H and O–H groups in total. The molecule has 0 saturated carbocycles. The van der Waals surface area contributed by atoms with Crippen LogP contribution in [0.5, 0.6) is 0 Å². The summed E-state index contributed by atoms with van der Waals surface area (Å²) in [7, 11) is 0. The predicted molar refractivity (Wildman–Crippen MR) is 71.9 cm³/mol. The van der Waals surface area contributed by atoms with Gasteiger partial charge in [-0.15, -0.1) is 23.1 Å². The van der Waals surface area contributed by atoms with Gasteiger partial charge in [0.2, 0.25) is 0 Å². The Balaban J connectivity index is 2.08. The third-order valence-corrected chi connectivity index (χ3v) is 4.37. The minimum absolute atomic E-state index is 0.351. The van der Waals surface area contributed by atoms with Gasteiger partial charge in [-0.05, 0) is 35.2 Å². The predicted octanol–water partition coefficient (Wildman–Crippen LogP) is 2.92. The Hall–Kier alpha value is -1.44. The van der Waals surface area contributed by atoms with Crippen LogP contribution in [0.25, 0.3) is 0 Å². The molecule has 0 radical (unpaired) electrons. The van der Waals surface area contributed by atoms with E-state index in [1.807, 2.05) is 6.07 Å². The van der Waals surface area contributed by atoms with Gasteiger partial charge in [0.25, 0.3) is 5.91 Å². The van der Waals surface area contributed by atoms with Crippen molar-refractivity contribution in [3.05, 3.63) is 51.7 Å². The van der Waals surface area contributed by atoms with Crippen LogP contribution in [0.2, 0.25) is 0 Å². The molecule has 0 aliphatic carbocycles. The average molecular weight is 300 g/mol. The number of nitrogens with one attached hydrogen (secondary N) is 1. The third kappa shape index (κ3) is 3.31. The Morgan fingerprint density at radius 1 is 1.32 bits per heavy atom. The van der Waals surface area contributed by atoms with E-state index >= 15 is 0 Å². The number of thiophene rings is 1. The van der Waals surface area contributed by atoms with Gasteiger partial charge in [0.05, 0.1) is 4.88 Å². The second-order valence-electron chi connectivity index (χ2n) is 3.61. The molecule has 0 atom stereocenters. The molecule has 0 aliphatic rings. The summed E-state index contributed by atoms with van der Waals surface area (Å²) >= 11 is 2.61. The molecule has 100 valence electrons. The van der Waals surface area contributed by atoms with Gasteiger partial charge in [-0.2, -0.15) is 0 Å². The van der Waals surface area contributed by atoms with E-state index < -0.39 is 11.6 Å². The number of halogens is 2. The number of rotatable bonds is 4. The van der Waals surface area contributed by atoms with Crippen molar-refractivity contribution >= 4 is 29.0 Å². The van der Waals surface area contributed by atoms with E-state index in [1.165, 1.54) is 29.2 Å². The second-order valence-corrected chi connectivity index (χ2v) is 5.58. The van der Waals surface area contributed by atoms with Gasteiger partial charge >= 0.3 is 0 Å². The summed E-state index contributed by atoms with van der Waals surface area (Å²) in [6.07, 6.45) is 0. The Morgan fingerprint density at radius 2 is 2.11 bits per heavy atom. The fourth-order valence-electron chi connectivity index (χ4n) is 1.44. The van der Waals surface area contributed by atoms with Crippen LogP contribution in [0.3, 0.4) is 0 Å². The second kappa shape index (κ2) is 6.14. The zero-order valence-electron chi connectivity index (χ0n) is 9.65. The van der Waals surface area contributed by atoms with Gasteiger partial charge in [-0.3, -0.25) is 10.2 Å². The molecule has 0 unspecified atom stereocenters. The molecule has 2 aromatic rings. The first-order valence-corrected chi connectivity index (χ1v) is 7.13. The van der Waals surface area contributed by atoms with E-state index in [9.17, 15) is 13.6 Å². The van der Waals surface area contributed by atoms with Crippen LogP contribution in [0.4, 0.5) is 8.78 Å². The number of carbonyl (C=O) groups excluding carboxylic acids is 1. The summed E-state index contributed by atoms with van der Waals surface area (Å²) in [5.74, 6) is 3.47. The topological polar surface area (TPSA) is 55.1 Å². The van der Waals surface area contributed by atoms with E-state index in [0.29, 0.717) is 15.5 Å². The number of hydrogen-bond acceptors (Lipinski definition) is 4. The Kier molecular flexibility index (Phi) is 4.52. The van der Waals surface area contributed by atoms with E-state index in [1.54, 1.807) is 5.38 Å². The molecule has 0 fully saturated rings. The Morgan fingerprint density at radius 3 is 2.79 bits per heavy atom. The van der Waals surface area contributed by atoms with Crippen molar-refractivity contribution in [2.45, 2.75) is 10.6 Å². The zero-order chi connectivity index (χ0) is 13.8. The number of amides is 1. The molecule has 1 aromatic heterocycles. The highest BCUT2D eigenvalue weighted by atomic mass is 32.2. The number of thioether (sulfide) groups is 1. The summed E-state index contributed by atoms with van der Waals surface area (Å²) in [6.45, 7) is 0. The lowest BCUT2D eigenvalue weighted by Gasteiger charge is -2.03. The van der Waals surface area contributed by atoms with Crippen molar-refractivity contribution in [3.63, 3.8) is 0 Å². The van der Waals surface area contributed by atoms with Crippen LogP contribution in [-0.4, -0.2) is 5.91 Å². The molecule has 19 heavy (non-hydrogen) atoms. The maximum absolute atomic E-state index is 13.0. The highest BCUT2D eigenvalue weighted by Crippen LogP contribution is 2.27. The minimum Gasteiger partial charge on any atom is -0.289 e. The summed E-state index contributed by atoms with van der Waals surface area (Å²) < 4.78 is 25.8. The zero-order valence-corrected chi connectivity index (χ0v) is 11.3. The lowest BCUT2D eigenvalue weighted by atomic mass is 10.3. The van der Waals surface area contributed by atoms with Crippen LogP contribution in [-0.2, 0) is 5.75 Å². The van der Waals surface area contributed by atoms with Gasteiger partial charge in [-0.1, -0.05) is 0 Å². The molecule has 0 bridgehead atoms. The minimum atomic E-state index is -0.879. The summed E-state index contributed by atoms with van der Waals surface area (Å²) in [4.78, 5) is 12.6. The molecule has 3 nitrogen and oxygen atoms in total. The van der Waals surface area contributed by atoms with Crippen molar-refractivity contribution in [2.75, 3.05) is 0 Å². The van der Waals surface area contributed by atoms with Crippen LogP contribution < -0.4 is 11.3 Å². The van der Waals surface area contributed by atoms with Gasteiger partial charge < -0.3 is 0 Å². The van der Waals surface area contributed by atoms with Crippen LogP contribution in [0.15, 0.2) is 34.5 Å². The summed E-state index contributed by atoms with van der Waals surface area (Å²) in [5.41, 5.74) is 2.88. The van der Waals surface area contributed by atoms with Crippen molar-refractivity contribution in [3.8, 4) is 0 Å². The molecule has 2 rings (SSSR count). The fourth-order valence-corrected chi connectivity index (χ4v) is 3.27. The maximum atomic E-state index is 13.0. The lowest BCUT2D eigenvalue weighted by Crippen LogP contribution is -2.29. The maximum Gasteiger partial charge on any atom is 0.275 e. The largest absolute Gasteiger partial charge is 0.289 e. The van der Waals surface area contributed by atoms with Crippen molar-refractivity contribution in [2.24, 2.45) is 5.84 Å². The van der Waals surface area contributed by atoms with E-state index in [0.717, 1.165) is 17.7 Å². The number of nitrogens with two attached hydrogens (primary N) is 1. The number of carbonyl (C=O) groups is 1. The number of benzene rings is 1. The number of hydrogen-bond donors (Lipinski definition) is 2. The van der Waals surface area contributed by atoms with Gasteiger partial charge in [0.15, 0.2) is 11.6 Å². The molecular formula is C12H10F2N2OS2. The fraction of sp³-hybridized carbons (Fsp3) is 0.0833. The lowest BCUT2D eigenvalue weighted by molar-refractivity contribution is 0.0957. The standard InChI is InChI=1S/C12H10F2N2OS2/c13-9-2-1-8(5-10(9)14)19-6-7-3-4-18-11(7)12(17)16-15/h1-5H,6,15H2,(H,16,17). The van der Waals surface area contributed by atoms with Crippen molar-refractivity contribution in [1.82, 2.24) is 5.43 Å². The van der Waals surface area contributed by atoms with Crippen LogP contribution in [0.1, 0.15) is 15.2 Å². The quantitative estimate of drug-likeness (QED) is 0.395. The molecular weight excluding hydrogens is 290 g/mol. The molecule has 1 heterocycles. The van der Waals surface area contributed by atoms with Gasteiger partial charge in [0.1, 0.15) is 0 Å². The Labute approximate surface area is 116 Å². The molecule has 0 spiro atoms. The smallest absolute Gasteiger partial charge is 0.275 e. The van der Waals surface area contributed by atoms with E-state index in [2.05, 4.69) is 5.43 Å². The van der Waals surface area contributed by atoms with Gasteiger partial charge in [-0.25, -0.2) is 14.6 Å². The average Bonchev–Trinajstić information content (AvgIpc) is 2.87. The molecule has 0 aliphatic heterocycles. The first-order valence-electron chi connectivity index (χ1n) is 5.27. The monoisotopic (exact) mass is 300 g/mol. The number of hydrazine groups is 1. The van der Waals surface area contributed by atoms with Crippen molar-refractivity contribution < 1.29 is 13.6 Å². The third-order valence-electron chi connectivity index (χ3n) is 2.37. The number of nitrogen functional groups attached to an aromatic ring is 1.